The molecule has 0 amide bonds. The summed E-state index contributed by atoms with van der Waals surface area (Å²) in [5, 5.41) is 0. The van der Waals surface area contributed by atoms with Crippen molar-refractivity contribution in [3.8, 4) is 0 Å². The first-order valence-electron chi connectivity index (χ1n) is 7.59. The second-order valence-electron chi connectivity index (χ2n) is 5.79. The molecule has 25 heavy (non-hydrogen) atoms. The molecule has 0 saturated heterocycles. The van der Waals surface area contributed by atoms with E-state index in [0.717, 1.165) is 6.26 Å². The van der Waals surface area contributed by atoms with Crippen molar-refractivity contribution in [2.75, 3.05) is 59.1 Å². The lowest BCUT2D eigenvalue weighted by Crippen LogP contribution is -2.30. The Hall–Kier alpha value is -0.123. The van der Waals surface area contributed by atoms with Crippen molar-refractivity contribution >= 4 is 28.8 Å². The molecule has 0 unspecified atom stereocenters. The molecule has 0 aromatic heterocycles. The number of hydrogen-bond donors (Lipinski definition) is 0. The van der Waals surface area contributed by atoms with Gasteiger partial charge in [-0.3, -0.25) is 8.06 Å². The third-order valence-electron chi connectivity index (χ3n) is 2.08. The zero-order valence-corrected chi connectivity index (χ0v) is 17.7. The van der Waals surface area contributed by atoms with Crippen LogP contribution in [0.4, 0.5) is 0 Å². The van der Waals surface area contributed by atoms with Crippen LogP contribution in [-0.4, -0.2) is 84.3 Å². The monoisotopic (exact) mass is 424 g/mol. The minimum Gasteiger partial charge on any atom is -0.377 e. The van der Waals surface area contributed by atoms with Gasteiger partial charge in [0.25, 0.3) is 10.1 Å². The quantitative estimate of drug-likeness (QED) is 0.192. The number of rotatable bonds is 16. The maximum absolute atomic E-state index is 11.4. The lowest BCUT2D eigenvalue weighted by atomic mass is 10.7. The molecule has 10 nitrogen and oxygen atoms in total. The van der Waals surface area contributed by atoms with Crippen LogP contribution in [-0.2, 0) is 47.0 Å². The smallest absolute Gasteiger partial charge is 0.377 e. The Bertz CT molecular complexity index is 541. The molecule has 0 aromatic carbocycles. The third-order valence-corrected chi connectivity index (χ3v) is 5.94. The summed E-state index contributed by atoms with van der Waals surface area (Å²) in [6.45, 7) is 6.49. The van der Waals surface area contributed by atoms with Crippen molar-refractivity contribution in [2.24, 2.45) is 0 Å². The van der Waals surface area contributed by atoms with Gasteiger partial charge in [-0.15, -0.1) is 0 Å². The molecule has 0 rings (SSSR count). The molecule has 0 aliphatic carbocycles. The summed E-state index contributed by atoms with van der Waals surface area (Å²) in [6, 6.07) is 0. The van der Waals surface area contributed by atoms with E-state index in [-0.39, 0.29) is 33.0 Å². The average molecular weight is 425 g/mol. The Morgan fingerprint density at radius 1 is 0.640 bits per heavy atom. The molecule has 0 radical (unpaired) electrons. The van der Waals surface area contributed by atoms with Gasteiger partial charge in [0.15, 0.2) is 0 Å². The van der Waals surface area contributed by atoms with Crippen molar-refractivity contribution in [1.29, 1.82) is 0 Å². The maximum atomic E-state index is 11.4. The topological polar surface area (TPSA) is 124 Å². The van der Waals surface area contributed by atoms with Gasteiger partial charge in [-0.2, -0.15) is 16.8 Å². The second kappa shape index (κ2) is 12.3. The highest BCUT2D eigenvalue weighted by Gasteiger charge is 2.24. The predicted octanol–water partition coefficient (Wildman–Crippen LogP) is 0.125. The van der Waals surface area contributed by atoms with Crippen molar-refractivity contribution in [2.45, 2.75) is 19.6 Å². The van der Waals surface area contributed by atoms with Gasteiger partial charge < -0.3 is 14.2 Å². The van der Waals surface area contributed by atoms with E-state index in [1.807, 2.05) is 0 Å². The van der Waals surface area contributed by atoms with E-state index in [1.165, 1.54) is 0 Å². The Morgan fingerprint density at radius 2 is 1.00 bits per heavy atom. The minimum absolute atomic E-state index is 0.0354. The average Bonchev–Trinajstić information content (AvgIpc) is 2.40. The van der Waals surface area contributed by atoms with Crippen molar-refractivity contribution < 1.29 is 43.3 Å². The van der Waals surface area contributed by atoms with E-state index in [4.69, 9.17) is 18.1 Å². The first-order chi connectivity index (χ1) is 11.4. The van der Waals surface area contributed by atoms with Gasteiger partial charge in [0, 0.05) is 0 Å². The summed E-state index contributed by atoms with van der Waals surface area (Å²) in [4.78, 5) is 0. The van der Waals surface area contributed by atoms with Gasteiger partial charge in [0.1, 0.15) is 0 Å². The van der Waals surface area contributed by atoms with E-state index >= 15 is 0 Å². The fourth-order valence-corrected chi connectivity index (χ4v) is 4.60. The fourth-order valence-electron chi connectivity index (χ4n) is 1.31. The Kier molecular flexibility index (Phi) is 12.2. The highest BCUT2D eigenvalue weighted by Crippen LogP contribution is 2.09. The van der Waals surface area contributed by atoms with Gasteiger partial charge in [-0.05, 0) is 19.6 Å². The Labute approximate surface area is 151 Å². The van der Waals surface area contributed by atoms with Crippen LogP contribution in [0.2, 0.25) is 19.6 Å². The Morgan fingerprint density at radius 3 is 1.36 bits per heavy atom. The van der Waals surface area contributed by atoms with Gasteiger partial charge in [0.2, 0.25) is 8.32 Å². The molecule has 0 saturated carbocycles. The predicted molar refractivity (Wildman–Crippen MR) is 92.6 cm³/mol. The van der Waals surface area contributed by atoms with E-state index < -0.39 is 28.8 Å². The molecular formula is C12H28O10S2Si. The molecule has 0 atom stereocenters. The summed E-state index contributed by atoms with van der Waals surface area (Å²) in [5.74, 6) is 0. The van der Waals surface area contributed by atoms with Crippen LogP contribution in [0.15, 0.2) is 0 Å². The maximum Gasteiger partial charge on any atom is 0.390 e. The zero-order valence-electron chi connectivity index (χ0n) is 15.1. The lowest BCUT2D eigenvalue weighted by molar-refractivity contribution is 0.00518. The molecule has 0 fully saturated rings. The minimum atomic E-state index is -3.98. The molecule has 0 aliphatic heterocycles. The highest BCUT2D eigenvalue weighted by molar-refractivity contribution is 7.86. The van der Waals surface area contributed by atoms with Crippen LogP contribution < -0.4 is 0 Å². The largest absolute Gasteiger partial charge is 0.390 e. The Balaban J connectivity index is 3.40. The van der Waals surface area contributed by atoms with E-state index in [2.05, 4.69) is 8.37 Å². The summed E-state index contributed by atoms with van der Waals surface area (Å²) < 4.78 is 73.7. The lowest BCUT2D eigenvalue weighted by Gasteiger charge is -2.16. The van der Waals surface area contributed by atoms with Crippen molar-refractivity contribution in [3.05, 3.63) is 0 Å². The van der Waals surface area contributed by atoms with Gasteiger partial charge in [0.05, 0.1) is 59.1 Å². The van der Waals surface area contributed by atoms with E-state index in [0.29, 0.717) is 19.8 Å². The standard InChI is InChI=1S/C12H28O10S2Si/c1-23(13,14)20-11-9-18-7-5-17-6-8-19-10-12-21-24(15,16)22-25(2,3)4/h5-12H2,1-4H3. The highest BCUT2D eigenvalue weighted by atomic mass is 32.3. The number of hydrogen-bond acceptors (Lipinski definition) is 10. The molecule has 152 valence electrons. The summed E-state index contributed by atoms with van der Waals surface area (Å²) in [7, 11) is -9.64. The molecule has 0 heterocycles. The molecular weight excluding hydrogens is 396 g/mol. The molecule has 13 heteroatoms. The summed E-state index contributed by atoms with van der Waals surface area (Å²) in [5.41, 5.74) is 0. The van der Waals surface area contributed by atoms with Crippen LogP contribution >= 0.6 is 0 Å². The molecule has 0 aromatic rings. The van der Waals surface area contributed by atoms with Crippen LogP contribution in [0.5, 0.6) is 0 Å². The van der Waals surface area contributed by atoms with Gasteiger partial charge in [-0.1, -0.05) is 0 Å². The fraction of sp³-hybridized carbons (Fsp3) is 1.00. The first-order valence-corrected chi connectivity index (χ1v) is 14.1. The molecule has 0 bridgehead atoms. The van der Waals surface area contributed by atoms with Crippen molar-refractivity contribution in [3.63, 3.8) is 0 Å². The summed E-state index contributed by atoms with van der Waals surface area (Å²) in [6.07, 6.45) is 0.968. The van der Waals surface area contributed by atoms with Gasteiger partial charge >= 0.3 is 10.4 Å². The molecule has 0 aliphatic rings. The summed E-state index contributed by atoms with van der Waals surface area (Å²) >= 11 is 0. The van der Waals surface area contributed by atoms with Gasteiger partial charge in [-0.25, -0.2) is 4.18 Å². The zero-order chi connectivity index (χ0) is 19.4. The van der Waals surface area contributed by atoms with Crippen LogP contribution in [0.25, 0.3) is 0 Å². The second-order valence-corrected chi connectivity index (χ2v) is 13.4. The SMILES string of the molecule is C[Si](C)(C)OS(=O)(=O)OCCOCCOCCOCCOS(C)(=O)=O. The number of ether oxygens (including phenoxy) is 3. The van der Waals surface area contributed by atoms with E-state index in [9.17, 15) is 16.8 Å². The normalized spacial score (nSPS) is 13.3. The van der Waals surface area contributed by atoms with Crippen molar-refractivity contribution in [1.82, 2.24) is 0 Å². The van der Waals surface area contributed by atoms with Crippen LogP contribution in [0, 0.1) is 0 Å². The molecule has 0 N–H and O–H groups in total. The van der Waals surface area contributed by atoms with E-state index in [1.54, 1.807) is 19.6 Å². The van der Waals surface area contributed by atoms with Crippen LogP contribution in [0.1, 0.15) is 0 Å². The van der Waals surface area contributed by atoms with Crippen LogP contribution in [0.3, 0.4) is 0 Å². The third kappa shape index (κ3) is 20.0. The molecule has 0 spiro atoms. The first kappa shape index (κ1) is 24.9.